The average molecular weight is 298 g/mol. The Balaban J connectivity index is 2.01. The number of hydrogen-bond acceptors (Lipinski definition) is 5. The van der Waals surface area contributed by atoms with Gasteiger partial charge in [-0.2, -0.15) is 0 Å². The second-order valence-electron chi connectivity index (χ2n) is 5.15. The van der Waals surface area contributed by atoms with Crippen molar-refractivity contribution in [3.8, 4) is 0 Å². The summed E-state index contributed by atoms with van der Waals surface area (Å²) in [7, 11) is -1.52. The third kappa shape index (κ3) is 3.99. The van der Waals surface area contributed by atoms with E-state index in [2.05, 4.69) is 19.9 Å². The number of rotatable bonds is 6. The molecule has 0 radical (unpaired) electrons. The molecular weight excluding hydrogens is 276 g/mol. The first-order chi connectivity index (χ1) is 9.51. The minimum atomic E-state index is -3.51. The van der Waals surface area contributed by atoms with Crippen molar-refractivity contribution in [3.63, 3.8) is 0 Å². The highest BCUT2D eigenvalue weighted by molar-refractivity contribution is 7.89. The second-order valence-corrected chi connectivity index (χ2v) is 6.81. The van der Waals surface area contributed by atoms with E-state index in [-0.39, 0.29) is 11.1 Å². The number of likely N-dealkylation sites (N-methyl/N-ethyl adjacent to an activating group) is 1. The molecule has 1 aromatic heterocycles. The van der Waals surface area contributed by atoms with Crippen LogP contribution in [0.4, 0.5) is 0 Å². The zero-order chi connectivity index (χ0) is 14.6. The molecule has 0 saturated carbocycles. The zero-order valence-electron chi connectivity index (χ0n) is 12.0. The van der Waals surface area contributed by atoms with Crippen molar-refractivity contribution in [1.29, 1.82) is 0 Å². The molecule has 2 rings (SSSR count). The summed E-state index contributed by atoms with van der Waals surface area (Å²) in [4.78, 5) is 6.17. The van der Waals surface area contributed by atoms with E-state index in [1.54, 1.807) is 18.3 Å². The molecule has 1 aliphatic heterocycles. The molecule has 0 aliphatic carbocycles. The van der Waals surface area contributed by atoms with E-state index < -0.39 is 10.0 Å². The molecule has 1 fully saturated rings. The van der Waals surface area contributed by atoms with E-state index in [0.717, 1.165) is 31.6 Å². The first-order valence-corrected chi connectivity index (χ1v) is 8.36. The van der Waals surface area contributed by atoms with Gasteiger partial charge in [0, 0.05) is 25.3 Å². The van der Waals surface area contributed by atoms with Gasteiger partial charge < -0.3 is 10.2 Å². The Labute approximate surface area is 120 Å². The summed E-state index contributed by atoms with van der Waals surface area (Å²) in [5.41, 5.74) is 0.978. The van der Waals surface area contributed by atoms with Crippen molar-refractivity contribution < 1.29 is 8.42 Å². The molecule has 0 bridgehead atoms. The number of pyridine rings is 1. The summed E-state index contributed by atoms with van der Waals surface area (Å²) < 4.78 is 27.1. The van der Waals surface area contributed by atoms with Gasteiger partial charge in [0.1, 0.15) is 0 Å². The van der Waals surface area contributed by atoms with Gasteiger partial charge in [-0.1, -0.05) is 13.0 Å². The van der Waals surface area contributed by atoms with Crippen LogP contribution in [0.25, 0.3) is 0 Å². The van der Waals surface area contributed by atoms with Gasteiger partial charge in [-0.3, -0.25) is 0 Å². The van der Waals surface area contributed by atoms with Crippen LogP contribution in [0, 0.1) is 0 Å². The van der Waals surface area contributed by atoms with Crippen LogP contribution in [0.2, 0.25) is 0 Å². The predicted octanol–water partition coefficient (Wildman–Crippen LogP) is 0.174. The molecule has 6 nitrogen and oxygen atoms in total. The molecule has 1 unspecified atom stereocenters. The lowest BCUT2D eigenvalue weighted by Gasteiger charge is -2.13. The fraction of sp³-hybridized carbons (Fsp3) is 0.615. The number of hydrogen-bond donors (Lipinski definition) is 2. The van der Waals surface area contributed by atoms with E-state index in [1.165, 1.54) is 0 Å². The van der Waals surface area contributed by atoms with Crippen molar-refractivity contribution in [1.82, 2.24) is 19.9 Å². The maximum Gasteiger partial charge on any atom is 0.258 e. The third-order valence-electron chi connectivity index (χ3n) is 3.37. The third-order valence-corrected chi connectivity index (χ3v) is 4.80. The van der Waals surface area contributed by atoms with E-state index in [9.17, 15) is 8.42 Å². The Hall–Kier alpha value is -1.02. The van der Waals surface area contributed by atoms with Gasteiger partial charge in [0.05, 0.1) is 0 Å². The lowest BCUT2D eigenvalue weighted by Crippen LogP contribution is -2.36. The maximum atomic E-state index is 12.2. The number of likely N-dealkylation sites (tertiary alicyclic amines) is 1. The molecule has 112 valence electrons. The summed E-state index contributed by atoms with van der Waals surface area (Å²) in [6.45, 7) is 5.26. The zero-order valence-corrected chi connectivity index (χ0v) is 12.8. The summed E-state index contributed by atoms with van der Waals surface area (Å²) in [6.07, 6.45) is 2.45. The Kier molecular flexibility index (Phi) is 5.09. The fourth-order valence-corrected chi connectivity index (χ4v) is 3.45. The van der Waals surface area contributed by atoms with Gasteiger partial charge in [0.15, 0.2) is 5.03 Å². The summed E-state index contributed by atoms with van der Waals surface area (Å²) >= 11 is 0. The number of nitrogens with one attached hydrogen (secondary N) is 2. The van der Waals surface area contributed by atoms with Crippen LogP contribution >= 0.6 is 0 Å². The fourth-order valence-electron chi connectivity index (χ4n) is 2.25. The van der Waals surface area contributed by atoms with Gasteiger partial charge >= 0.3 is 0 Å². The van der Waals surface area contributed by atoms with E-state index in [0.29, 0.717) is 6.54 Å². The van der Waals surface area contributed by atoms with E-state index >= 15 is 0 Å². The quantitative estimate of drug-likeness (QED) is 0.783. The maximum absolute atomic E-state index is 12.2. The number of sulfonamides is 1. The summed E-state index contributed by atoms with van der Waals surface area (Å²) in [5.74, 6) is 0. The van der Waals surface area contributed by atoms with Gasteiger partial charge in [0.25, 0.3) is 10.0 Å². The van der Waals surface area contributed by atoms with Crippen LogP contribution in [0.15, 0.2) is 23.4 Å². The Morgan fingerprint density at radius 3 is 2.80 bits per heavy atom. The van der Waals surface area contributed by atoms with Crippen LogP contribution in [-0.4, -0.2) is 51.0 Å². The molecule has 1 aromatic rings. The molecule has 2 heterocycles. The lowest BCUT2D eigenvalue weighted by molar-refractivity contribution is 0.407. The first-order valence-electron chi connectivity index (χ1n) is 6.88. The largest absolute Gasteiger partial charge is 0.313 e. The molecule has 0 aromatic carbocycles. The minimum Gasteiger partial charge on any atom is -0.313 e. The smallest absolute Gasteiger partial charge is 0.258 e. The van der Waals surface area contributed by atoms with Crippen molar-refractivity contribution >= 4 is 10.0 Å². The monoisotopic (exact) mass is 298 g/mol. The number of aromatic nitrogens is 1. The normalized spacial score (nSPS) is 20.4. The van der Waals surface area contributed by atoms with Crippen molar-refractivity contribution in [2.24, 2.45) is 0 Å². The minimum absolute atomic E-state index is 0.0202. The number of nitrogens with zero attached hydrogens (tertiary/aromatic N) is 2. The standard InChI is InChI=1S/C13H22N4O2S/c1-3-14-8-11-4-5-13(15-9-11)20(18,19)16-12-6-7-17(2)10-12/h4-5,9,12,14,16H,3,6-8,10H2,1-2H3. The topological polar surface area (TPSA) is 74.3 Å². The second kappa shape index (κ2) is 6.62. The first kappa shape index (κ1) is 15.4. The highest BCUT2D eigenvalue weighted by Gasteiger charge is 2.26. The predicted molar refractivity (Wildman–Crippen MR) is 77.8 cm³/mol. The van der Waals surface area contributed by atoms with Gasteiger partial charge in [-0.15, -0.1) is 0 Å². The molecule has 20 heavy (non-hydrogen) atoms. The van der Waals surface area contributed by atoms with Crippen molar-refractivity contribution in [3.05, 3.63) is 23.9 Å². The molecule has 0 spiro atoms. The van der Waals surface area contributed by atoms with E-state index in [4.69, 9.17) is 0 Å². The van der Waals surface area contributed by atoms with E-state index in [1.807, 2.05) is 14.0 Å². The molecule has 0 amide bonds. The highest BCUT2D eigenvalue weighted by atomic mass is 32.2. The summed E-state index contributed by atoms with van der Waals surface area (Å²) in [6, 6.07) is 3.34. The van der Waals surface area contributed by atoms with Crippen LogP contribution in [-0.2, 0) is 16.6 Å². The SMILES string of the molecule is CCNCc1ccc(S(=O)(=O)NC2CCN(C)C2)nc1. The summed E-state index contributed by atoms with van der Waals surface area (Å²) in [5, 5.41) is 3.27. The average Bonchev–Trinajstić information content (AvgIpc) is 2.81. The van der Waals surface area contributed by atoms with Crippen LogP contribution in [0.1, 0.15) is 18.9 Å². The van der Waals surface area contributed by atoms with Crippen LogP contribution < -0.4 is 10.0 Å². The van der Waals surface area contributed by atoms with Gasteiger partial charge in [-0.25, -0.2) is 18.1 Å². The molecule has 1 atom stereocenters. The van der Waals surface area contributed by atoms with Crippen molar-refractivity contribution in [2.75, 3.05) is 26.7 Å². The molecule has 2 N–H and O–H groups in total. The van der Waals surface area contributed by atoms with Crippen LogP contribution in [0.5, 0.6) is 0 Å². The van der Waals surface area contributed by atoms with Crippen molar-refractivity contribution in [2.45, 2.75) is 31.0 Å². The molecule has 7 heteroatoms. The Morgan fingerprint density at radius 1 is 1.45 bits per heavy atom. The molecule has 1 aliphatic rings. The lowest BCUT2D eigenvalue weighted by atomic mass is 10.3. The van der Waals surface area contributed by atoms with Gasteiger partial charge in [0.2, 0.25) is 0 Å². The Bertz CT molecular complexity index is 530. The van der Waals surface area contributed by atoms with Crippen LogP contribution in [0.3, 0.4) is 0 Å². The highest BCUT2D eigenvalue weighted by Crippen LogP contribution is 2.12. The van der Waals surface area contributed by atoms with Gasteiger partial charge in [-0.05, 0) is 38.2 Å². The molecular formula is C13H22N4O2S. The Morgan fingerprint density at radius 2 is 2.25 bits per heavy atom. The molecule has 1 saturated heterocycles.